The third kappa shape index (κ3) is 9.14. The highest BCUT2D eigenvalue weighted by Crippen LogP contribution is 2.35. The number of aliphatic imine (C=N–C) groups is 1. The summed E-state index contributed by atoms with van der Waals surface area (Å²) >= 11 is 1.96. The Morgan fingerprint density at radius 2 is 1.58 bits per heavy atom. The fourth-order valence-corrected chi connectivity index (χ4v) is 6.00. The van der Waals surface area contributed by atoms with Crippen LogP contribution in [0.2, 0.25) is 0 Å². The molecule has 1 aliphatic heterocycles. The first-order valence-electron chi connectivity index (χ1n) is 15.6. The molecule has 0 fully saturated rings. The fraction of sp³-hybridized carbons (Fsp3) is 0.297. The number of halogens is 1. The summed E-state index contributed by atoms with van der Waals surface area (Å²) in [6.07, 6.45) is 4.50. The quantitative estimate of drug-likeness (QED) is 0.136. The first-order valence-corrected chi connectivity index (χ1v) is 16.7. The molecular weight excluding hydrogens is 757 g/mol. The van der Waals surface area contributed by atoms with Crippen molar-refractivity contribution in [2.24, 2.45) is 10.9 Å². The number of carbonyl (C=O) groups excluding carboxylic acids is 5. The molecule has 0 spiro atoms. The number of methoxy groups -OCH3 is 3. The third-order valence-electron chi connectivity index (χ3n) is 7.89. The average molecular weight is 796 g/mol. The highest BCUT2D eigenvalue weighted by Gasteiger charge is 2.31. The van der Waals surface area contributed by atoms with Crippen molar-refractivity contribution in [1.82, 2.24) is 4.90 Å². The van der Waals surface area contributed by atoms with E-state index in [1.54, 1.807) is 74.8 Å². The lowest BCUT2D eigenvalue weighted by Crippen LogP contribution is -2.30. The highest BCUT2D eigenvalue weighted by atomic mass is 127. The summed E-state index contributed by atoms with van der Waals surface area (Å²) in [7, 11) is 7.24. The van der Waals surface area contributed by atoms with Gasteiger partial charge in [-0.3, -0.25) is 19.4 Å². The van der Waals surface area contributed by atoms with Gasteiger partial charge in [0.1, 0.15) is 0 Å². The Labute approximate surface area is 304 Å². The van der Waals surface area contributed by atoms with Crippen molar-refractivity contribution in [2.45, 2.75) is 32.2 Å². The second-order valence-electron chi connectivity index (χ2n) is 11.6. The zero-order valence-electron chi connectivity index (χ0n) is 28.6. The number of esters is 3. The van der Waals surface area contributed by atoms with Crippen molar-refractivity contribution in [3.8, 4) is 11.5 Å². The van der Waals surface area contributed by atoms with Crippen molar-refractivity contribution >= 4 is 63.7 Å². The Morgan fingerprint density at radius 1 is 0.900 bits per heavy atom. The number of nitrogens with zero attached hydrogens (tertiary/aromatic N) is 2. The van der Waals surface area contributed by atoms with Crippen molar-refractivity contribution in [3.05, 3.63) is 98.1 Å². The number of nitrogens with one attached hydrogen (secondary N) is 1. The van der Waals surface area contributed by atoms with Crippen LogP contribution in [0.5, 0.6) is 11.5 Å². The summed E-state index contributed by atoms with van der Waals surface area (Å²) < 4.78 is 21.0. The zero-order chi connectivity index (χ0) is 36.5. The molecule has 3 aromatic carbocycles. The SMILES string of the molecule is COC(=O)c1ccc(C2N=C(C)C=CC2C(=O)Nc2ccc(CCCC(=O)Oc3c(I)cc(C(=O)OC)cc3OC)cc2C(=O)N(C)C)cc1. The van der Waals surface area contributed by atoms with E-state index in [1.807, 2.05) is 29.5 Å². The summed E-state index contributed by atoms with van der Waals surface area (Å²) in [5, 5.41) is 2.93. The summed E-state index contributed by atoms with van der Waals surface area (Å²) in [4.78, 5) is 69.8. The summed E-state index contributed by atoms with van der Waals surface area (Å²) in [5.41, 5.74) is 3.57. The molecule has 0 saturated carbocycles. The molecule has 1 N–H and O–H groups in total. The van der Waals surface area contributed by atoms with Crippen LogP contribution in [0.25, 0.3) is 0 Å². The number of dihydropyridines is 1. The smallest absolute Gasteiger partial charge is 0.338 e. The molecule has 262 valence electrons. The zero-order valence-corrected chi connectivity index (χ0v) is 30.7. The van der Waals surface area contributed by atoms with Gasteiger partial charge >= 0.3 is 17.9 Å². The van der Waals surface area contributed by atoms with E-state index in [1.165, 1.54) is 32.3 Å². The van der Waals surface area contributed by atoms with Gasteiger partial charge in [0.25, 0.3) is 5.91 Å². The number of benzene rings is 3. The maximum absolute atomic E-state index is 13.7. The van der Waals surface area contributed by atoms with Crippen LogP contribution in [-0.4, -0.2) is 75.8 Å². The normalized spacial score (nSPS) is 15.0. The predicted octanol–water partition coefficient (Wildman–Crippen LogP) is 5.83. The maximum atomic E-state index is 13.7. The molecular formula is C37H38IN3O9. The van der Waals surface area contributed by atoms with Gasteiger partial charge in [0.15, 0.2) is 11.5 Å². The molecule has 50 heavy (non-hydrogen) atoms. The van der Waals surface area contributed by atoms with Gasteiger partial charge in [0, 0.05) is 26.2 Å². The Hall–Kier alpha value is -5.05. The minimum Gasteiger partial charge on any atom is -0.493 e. The number of anilines is 1. The van der Waals surface area contributed by atoms with Crippen LogP contribution in [-0.2, 0) is 25.5 Å². The molecule has 0 bridgehead atoms. The van der Waals surface area contributed by atoms with Gasteiger partial charge in [-0.25, -0.2) is 9.59 Å². The Morgan fingerprint density at radius 3 is 2.22 bits per heavy atom. The Bertz CT molecular complexity index is 1850. The van der Waals surface area contributed by atoms with Crippen LogP contribution in [0.15, 0.2) is 71.7 Å². The van der Waals surface area contributed by atoms with E-state index in [0.717, 1.165) is 16.8 Å². The number of rotatable bonds is 12. The second kappa shape index (κ2) is 17.1. The standard InChI is InChI=1S/C37H38IN3O9/c1-21-10-16-26(32(39-21)23-12-14-24(15-13-23)36(45)48-5)34(43)40-29-17-11-22(18-27(29)35(44)41(2)3)8-7-9-31(42)50-33-28(38)19-25(37(46)49-6)20-30(33)47-4/h10-20,26,32H,7-9H2,1-6H3,(H,40,43). The number of aryl methyl sites for hydroxylation is 1. The minimum absolute atomic E-state index is 0.0728. The van der Waals surface area contributed by atoms with Gasteiger partial charge in [-0.2, -0.15) is 0 Å². The molecule has 1 heterocycles. The molecule has 1 aliphatic rings. The van der Waals surface area contributed by atoms with Gasteiger partial charge in [-0.15, -0.1) is 0 Å². The summed E-state index contributed by atoms with van der Waals surface area (Å²) in [5.74, 6) is -2.41. The van der Waals surface area contributed by atoms with Gasteiger partial charge < -0.3 is 29.2 Å². The van der Waals surface area contributed by atoms with E-state index in [4.69, 9.17) is 23.9 Å². The van der Waals surface area contributed by atoms with E-state index in [2.05, 4.69) is 5.32 Å². The number of allylic oxidation sites excluding steroid dienone is 1. The van der Waals surface area contributed by atoms with Gasteiger partial charge in [-0.05, 0) is 96.0 Å². The average Bonchev–Trinajstić information content (AvgIpc) is 3.11. The van der Waals surface area contributed by atoms with Crippen molar-refractivity contribution < 1.29 is 42.9 Å². The summed E-state index contributed by atoms with van der Waals surface area (Å²) in [6, 6.07) is 14.4. The van der Waals surface area contributed by atoms with E-state index < -0.39 is 29.9 Å². The van der Waals surface area contributed by atoms with E-state index in [-0.39, 0.29) is 35.3 Å². The van der Waals surface area contributed by atoms with Crippen LogP contribution in [0.1, 0.15) is 68.0 Å². The third-order valence-corrected chi connectivity index (χ3v) is 8.70. The number of amides is 2. The van der Waals surface area contributed by atoms with E-state index >= 15 is 0 Å². The lowest BCUT2D eigenvalue weighted by molar-refractivity contribution is -0.134. The van der Waals surface area contributed by atoms with Crippen molar-refractivity contribution in [2.75, 3.05) is 40.7 Å². The topological polar surface area (TPSA) is 150 Å². The largest absolute Gasteiger partial charge is 0.493 e. The molecule has 0 saturated heterocycles. The highest BCUT2D eigenvalue weighted by molar-refractivity contribution is 14.1. The maximum Gasteiger partial charge on any atom is 0.338 e. The lowest BCUT2D eigenvalue weighted by atomic mass is 9.89. The van der Waals surface area contributed by atoms with E-state index in [9.17, 15) is 24.0 Å². The predicted molar refractivity (Wildman–Crippen MR) is 195 cm³/mol. The van der Waals surface area contributed by atoms with Crippen LogP contribution in [0, 0.1) is 9.49 Å². The Balaban J connectivity index is 1.47. The number of hydrogen-bond donors (Lipinski definition) is 1. The number of ether oxygens (including phenoxy) is 4. The molecule has 0 aliphatic carbocycles. The molecule has 0 radical (unpaired) electrons. The first-order chi connectivity index (χ1) is 23.9. The molecule has 3 aromatic rings. The van der Waals surface area contributed by atoms with E-state index in [0.29, 0.717) is 33.2 Å². The van der Waals surface area contributed by atoms with Crippen LogP contribution < -0.4 is 14.8 Å². The lowest BCUT2D eigenvalue weighted by Gasteiger charge is -2.25. The number of carbonyl (C=O) groups is 5. The second-order valence-corrected chi connectivity index (χ2v) is 12.8. The number of hydrogen-bond acceptors (Lipinski definition) is 10. The summed E-state index contributed by atoms with van der Waals surface area (Å²) in [6.45, 7) is 1.84. The molecule has 2 unspecified atom stereocenters. The van der Waals surface area contributed by atoms with Crippen LogP contribution >= 0.6 is 22.6 Å². The molecule has 2 amide bonds. The van der Waals surface area contributed by atoms with Gasteiger partial charge in [0.2, 0.25) is 5.91 Å². The molecule has 0 aromatic heterocycles. The minimum atomic E-state index is -0.686. The Kier molecular flexibility index (Phi) is 12.9. The molecule has 13 heteroatoms. The molecule has 12 nitrogen and oxygen atoms in total. The van der Waals surface area contributed by atoms with Crippen molar-refractivity contribution in [1.29, 1.82) is 0 Å². The first kappa shape index (κ1) is 37.8. The van der Waals surface area contributed by atoms with Crippen molar-refractivity contribution in [3.63, 3.8) is 0 Å². The van der Waals surface area contributed by atoms with Gasteiger partial charge in [-0.1, -0.05) is 24.3 Å². The fourth-order valence-electron chi connectivity index (χ4n) is 5.28. The molecule has 4 rings (SSSR count). The molecule has 2 atom stereocenters. The monoisotopic (exact) mass is 795 g/mol. The van der Waals surface area contributed by atoms with Gasteiger partial charge in [0.05, 0.1) is 59.2 Å². The van der Waals surface area contributed by atoms with Crippen LogP contribution in [0.4, 0.5) is 5.69 Å². The van der Waals surface area contributed by atoms with Crippen LogP contribution in [0.3, 0.4) is 0 Å².